The topological polar surface area (TPSA) is 89.3 Å². The molecule has 2 amide bonds. The van der Waals surface area contributed by atoms with Crippen LogP contribution in [0.25, 0.3) is 0 Å². The molecular formula is C20H21IN2O3. The maximum Gasteiger partial charge on any atom is 0.240 e. The molecule has 136 valence electrons. The van der Waals surface area contributed by atoms with Crippen LogP contribution < -0.4 is 11.1 Å². The average Bonchev–Trinajstić information content (AvgIpc) is 2.64. The van der Waals surface area contributed by atoms with Crippen molar-refractivity contribution in [1.29, 1.82) is 0 Å². The zero-order chi connectivity index (χ0) is 19.1. The molecule has 0 aliphatic heterocycles. The molecule has 2 unspecified atom stereocenters. The highest BCUT2D eigenvalue weighted by atomic mass is 127. The van der Waals surface area contributed by atoms with Crippen molar-refractivity contribution in [3.05, 3.63) is 69.3 Å². The lowest BCUT2D eigenvalue weighted by Crippen LogP contribution is -2.47. The molecule has 0 aliphatic carbocycles. The Labute approximate surface area is 166 Å². The minimum absolute atomic E-state index is 0.0100. The third-order valence-corrected chi connectivity index (χ3v) is 4.91. The van der Waals surface area contributed by atoms with Crippen molar-refractivity contribution in [2.75, 3.05) is 0 Å². The van der Waals surface area contributed by atoms with E-state index in [1.54, 1.807) is 12.1 Å². The summed E-state index contributed by atoms with van der Waals surface area (Å²) in [6, 6.07) is 15.7. The summed E-state index contributed by atoms with van der Waals surface area (Å²) in [5.41, 5.74) is 6.94. The Morgan fingerprint density at radius 3 is 2.19 bits per heavy atom. The molecule has 0 saturated carbocycles. The molecule has 6 heteroatoms. The van der Waals surface area contributed by atoms with Crippen molar-refractivity contribution < 1.29 is 14.4 Å². The Kier molecular flexibility index (Phi) is 7.32. The predicted octanol–water partition coefficient (Wildman–Crippen LogP) is 3.03. The SMILES string of the molecule is CC(c1ccccc1)C(NC(=O)CCC(=O)c1ccc(I)cc1)C(N)=O. The van der Waals surface area contributed by atoms with Crippen LogP contribution in [-0.4, -0.2) is 23.6 Å². The Hall–Kier alpha value is -2.22. The summed E-state index contributed by atoms with van der Waals surface area (Å²) < 4.78 is 1.04. The van der Waals surface area contributed by atoms with Crippen molar-refractivity contribution in [2.24, 2.45) is 5.73 Å². The fraction of sp³-hybridized carbons (Fsp3) is 0.250. The number of hydrogen-bond donors (Lipinski definition) is 2. The number of benzene rings is 2. The van der Waals surface area contributed by atoms with Crippen LogP contribution >= 0.6 is 22.6 Å². The second-order valence-electron chi connectivity index (χ2n) is 6.08. The lowest BCUT2D eigenvalue weighted by atomic mass is 9.92. The molecule has 0 bridgehead atoms. The first-order valence-corrected chi connectivity index (χ1v) is 9.38. The van der Waals surface area contributed by atoms with E-state index in [9.17, 15) is 14.4 Å². The van der Waals surface area contributed by atoms with Gasteiger partial charge in [0, 0.05) is 27.9 Å². The van der Waals surface area contributed by atoms with E-state index >= 15 is 0 Å². The maximum absolute atomic E-state index is 12.2. The molecule has 0 radical (unpaired) electrons. The second kappa shape index (κ2) is 9.47. The van der Waals surface area contributed by atoms with Crippen LogP contribution in [0.4, 0.5) is 0 Å². The van der Waals surface area contributed by atoms with Crippen LogP contribution in [0.2, 0.25) is 0 Å². The van der Waals surface area contributed by atoms with E-state index in [-0.39, 0.29) is 30.4 Å². The van der Waals surface area contributed by atoms with E-state index in [0.717, 1.165) is 9.13 Å². The fourth-order valence-electron chi connectivity index (χ4n) is 2.64. The number of primary amides is 1. The van der Waals surface area contributed by atoms with Gasteiger partial charge in [-0.1, -0.05) is 49.4 Å². The number of nitrogens with one attached hydrogen (secondary N) is 1. The number of ketones is 1. The monoisotopic (exact) mass is 464 g/mol. The molecule has 2 aromatic carbocycles. The number of Topliss-reactive ketones (excluding diaryl/α,β-unsaturated/α-hetero) is 1. The van der Waals surface area contributed by atoms with Gasteiger partial charge in [-0.3, -0.25) is 14.4 Å². The van der Waals surface area contributed by atoms with Gasteiger partial charge in [0.25, 0.3) is 0 Å². The highest BCUT2D eigenvalue weighted by Crippen LogP contribution is 2.19. The zero-order valence-electron chi connectivity index (χ0n) is 14.4. The maximum atomic E-state index is 12.2. The lowest BCUT2D eigenvalue weighted by molar-refractivity contribution is -0.127. The minimum atomic E-state index is -0.821. The van der Waals surface area contributed by atoms with Crippen LogP contribution in [0.5, 0.6) is 0 Å². The van der Waals surface area contributed by atoms with Crippen LogP contribution in [0.15, 0.2) is 54.6 Å². The first-order chi connectivity index (χ1) is 12.4. The standard InChI is InChI=1S/C20H21IN2O3/c1-13(14-5-3-2-4-6-14)19(20(22)26)23-18(25)12-11-17(24)15-7-9-16(21)10-8-15/h2-10,13,19H,11-12H2,1H3,(H2,22,26)(H,23,25). The number of halogens is 1. The molecule has 0 aromatic heterocycles. The Morgan fingerprint density at radius 1 is 1.00 bits per heavy atom. The highest BCUT2D eigenvalue weighted by Gasteiger charge is 2.26. The number of carbonyl (C=O) groups excluding carboxylic acids is 3. The quantitative estimate of drug-likeness (QED) is 0.465. The fourth-order valence-corrected chi connectivity index (χ4v) is 3.00. The van der Waals surface area contributed by atoms with Crippen molar-refractivity contribution in [1.82, 2.24) is 5.32 Å². The third kappa shape index (κ3) is 5.66. The Balaban J connectivity index is 1.94. The van der Waals surface area contributed by atoms with E-state index < -0.39 is 11.9 Å². The molecule has 0 spiro atoms. The van der Waals surface area contributed by atoms with Gasteiger partial charge in [-0.2, -0.15) is 0 Å². The van der Waals surface area contributed by atoms with Crippen LogP contribution in [0.3, 0.4) is 0 Å². The molecule has 0 saturated heterocycles. The van der Waals surface area contributed by atoms with Crippen LogP contribution in [-0.2, 0) is 9.59 Å². The minimum Gasteiger partial charge on any atom is -0.368 e. The summed E-state index contributed by atoms with van der Waals surface area (Å²) in [6.45, 7) is 1.84. The lowest BCUT2D eigenvalue weighted by Gasteiger charge is -2.22. The molecule has 0 aliphatic rings. The number of amides is 2. The smallest absolute Gasteiger partial charge is 0.240 e. The number of carbonyl (C=O) groups is 3. The molecule has 26 heavy (non-hydrogen) atoms. The summed E-state index contributed by atoms with van der Waals surface area (Å²) in [5, 5.41) is 2.66. The molecular weight excluding hydrogens is 443 g/mol. The summed E-state index contributed by atoms with van der Waals surface area (Å²) in [4.78, 5) is 36.2. The number of nitrogens with two attached hydrogens (primary N) is 1. The van der Waals surface area contributed by atoms with E-state index in [0.29, 0.717) is 5.56 Å². The normalized spacial score (nSPS) is 12.8. The van der Waals surface area contributed by atoms with Gasteiger partial charge in [-0.05, 0) is 40.3 Å². The van der Waals surface area contributed by atoms with E-state index in [1.807, 2.05) is 49.4 Å². The van der Waals surface area contributed by atoms with Gasteiger partial charge in [0.2, 0.25) is 11.8 Å². The van der Waals surface area contributed by atoms with Gasteiger partial charge in [-0.25, -0.2) is 0 Å². The largest absolute Gasteiger partial charge is 0.368 e. The Morgan fingerprint density at radius 2 is 1.62 bits per heavy atom. The van der Waals surface area contributed by atoms with E-state index in [1.165, 1.54) is 0 Å². The van der Waals surface area contributed by atoms with Crippen molar-refractivity contribution in [2.45, 2.75) is 31.7 Å². The summed E-state index contributed by atoms with van der Waals surface area (Å²) >= 11 is 2.16. The molecule has 5 nitrogen and oxygen atoms in total. The number of rotatable bonds is 8. The predicted molar refractivity (Wildman–Crippen MR) is 109 cm³/mol. The summed E-state index contributed by atoms with van der Waals surface area (Å²) in [5.74, 6) is -1.33. The first-order valence-electron chi connectivity index (χ1n) is 8.31. The van der Waals surface area contributed by atoms with Gasteiger partial charge in [0.15, 0.2) is 5.78 Å². The van der Waals surface area contributed by atoms with Crippen LogP contribution in [0.1, 0.15) is 41.6 Å². The summed E-state index contributed by atoms with van der Waals surface area (Å²) in [7, 11) is 0. The van der Waals surface area contributed by atoms with Gasteiger partial charge in [0.1, 0.15) is 6.04 Å². The zero-order valence-corrected chi connectivity index (χ0v) is 16.6. The van der Waals surface area contributed by atoms with Gasteiger partial charge in [0.05, 0.1) is 0 Å². The third-order valence-electron chi connectivity index (χ3n) is 4.19. The molecule has 2 rings (SSSR count). The van der Waals surface area contributed by atoms with Crippen molar-refractivity contribution in [3.8, 4) is 0 Å². The first kappa shape index (κ1) is 20.1. The number of hydrogen-bond acceptors (Lipinski definition) is 3. The molecule has 0 heterocycles. The Bertz CT molecular complexity index is 775. The molecule has 2 atom stereocenters. The van der Waals surface area contributed by atoms with Crippen molar-refractivity contribution >= 4 is 40.2 Å². The van der Waals surface area contributed by atoms with Gasteiger partial charge in [-0.15, -0.1) is 0 Å². The van der Waals surface area contributed by atoms with Gasteiger partial charge < -0.3 is 11.1 Å². The highest BCUT2D eigenvalue weighted by molar-refractivity contribution is 14.1. The van der Waals surface area contributed by atoms with E-state index in [2.05, 4.69) is 27.9 Å². The molecule has 3 N–H and O–H groups in total. The summed E-state index contributed by atoms with van der Waals surface area (Å²) in [6.07, 6.45) is 0.0910. The van der Waals surface area contributed by atoms with Gasteiger partial charge >= 0.3 is 0 Å². The van der Waals surface area contributed by atoms with Crippen LogP contribution in [0, 0.1) is 3.57 Å². The average molecular weight is 464 g/mol. The van der Waals surface area contributed by atoms with E-state index in [4.69, 9.17) is 5.73 Å². The van der Waals surface area contributed by atoms with Crippen molar-refractivity contribution in [3.63, 3.8) is 0 Å². The second-order valence-corrected chi connectivity index (χ2v) is 7.32. The molecule has 2 aromatic rings. The molecule has 0 fully saturated rings.